The molecule has 2 aromatic carbocycles. The summed E-state index contributed by atoms with van der Waals surface area (Å²) in [5.74, 6) is 1.07. The van der Waals surface area contributed by atoms with Crippen LogP contribution >= 0.6 is 0 Å². The van der Waals surface area contributed by atoms with Gasteiger partial charge >= 0.3 is 0 Å². The molecule has 0 unspecified atom stereocenters. The SMILES string of the molecule is CC[C@H](NC(=O)[C@@H](CC)Oc1ccc(N(C)S(C)(=O)=O)cc1)c1ccc(OC)cc1. The number of methoxy groups -OCH3 is 1. The zero-order chi connectivity index (χ0) is 22.3. The maximum absolute atomic E-state index is 12.8. The van der Waals surface area contributed by atoms with Crippen LogP contribution in [0, 0.1) is 0 Å². The van der Waals surface area contributed by atoms with Gasteiger partial charge in [-0.2, -0.15) is 0 Å². The highest BCUT2D eigenvalue weighted by molar-refractivity contribution is 7.92. The second-order valence-corrected chi connectivity index (χ2v) is 9.00. The van der Waals surface area contributed by atoms with Crippen LogP contribution in [0.4, 0.5) is 5.69 Å². The Kier molecular flexibility index (Phi) is 8.11. The Balaban J connectivity index is 2.06. The van der Waals surface area contributed by atoms with Crippen molar-refractivity contribution in [2.45, 2.75) is 38.8 Å². The standard InChI is InChI=1S/C22H30N2O5S/c1-6-20(16-8-12-18(28-4)13-9-16)23-22(25)21(7-2)29-19-14-10-17(11-15-19)24(3)30(5,26)27/h8-15,20-21H,6-7H2,1-5H3,(H,23,25)/t20-,21+/m0/s1. The van der Waals surface area contributed by atoms with Gasteiger partial charge in [-0.25, -0.2) is 8.42 Å². The van der Waals surface area contributed by atoms with Crippen LogP contribution in [-0.4, -0.2) is 40.8 Å². The van der Waals surface area contributed by atoms with Crippen molar-refractivity contribution in [1.82, 2.24) is 5.32 Å². The van der Waals surface area contributed by atoms with Crippen LogP contribution in [0.3, 0.4) is 0 Å². The third-order valence-electron chi connectivity index (χ3n) is 4.88. The molecule has 0 saturated carbocycles. The van der Waals surface area contributed by atoms with Crippen LogP contribution < -0.4 is 19.1 Å². The first-order valence-electron chi connectivity index (χ1n) is 9.84. The molecule has 2 rings (SSSR count). The lowest BCUT2D eigenvalue weighted by Crippen LogP contribution is -2.39. The van der Waals surface area contributed by atoms with Crippen LogP contribution in [0.25, 0.3) is 0 Å². The fourth-order valence-corrected chi connectivity index (χ4v) is 3.44. The predicted octanol–water partition coefficient (Wildman–Crippen LogP) is 3.52. The number of carbonyl (C=O) groups excluding carboxylic acids is 1. The zero-order valence-corrected chi connectivity index (χ0v) is 18.9. The molecule has 1 amide bonds. The lowest BCUT2D eigenvalue weighted by Gasteiger charge is -2.23. The molecule has 8 heteroatoms. The van der Waals surface area contributed by atoms with Crippen LogP contribution in [0.15, 0.2) is 48.5 Å². The molecule has 0 fully saturated rings. The maximum atomic E-state index is 12.8. The van der Waals surface area contributed by atoms with Crippen molar-refractivity contribution >= 4 is 21.6 Å². The number of ether oxygens (including phenoxy) is 2. The Morgan fingerprint density at radius 1 is 1.00 bits per heavy atom. The first-order valence-corrected chi connectivity index (χ1v) is 11.7. The number of sulfonamides is 1. The summed E-state index contributed by atoms with van der Waals surface area (Å²) < 4.78 is 35.5. The number of rotatable bonds is 10. The summed E-state index contributed by atoms with van der Waals surface area (Å²) in [6.07, 6.45) is 1.72. The zero-order valence-electron chi connectivity index (χ0n) is 18.1. The van der Waals surface area contributed by atoms with Crippen molar-refractivity contribution in [2.75, 3.05) is 24.7 Å². The predicted molar refractivity (Wildman–Crippen MR) is 119 cm³/mol. The lowest BCUT2D eigenvalue weighted by molar-refractivity contribution is -0.128. The summed E-state index contributed by atoms with van der Waals surface area (Å²) in [6, 6.07) is 14.1. The molecule has 0 bridgehead atoms. The van der Waals surface area contributed by atoms with E-state index in [9.17, 15) is 13.2 Å². The molecule has 30 heavy (non-hydrogen) atoms. The van der Waals surface area contributed by atoms with E-state index in [1.807, 2.05) is 38.1 Å². The molecule has 0 radical (unpaired) electrons. The molecule has 0 saturated heterocycles. The number of benzene rings is 2. The molecular weight excluding hydrogens is 404 g/mol. The van der Waals surface area contributed by atoms with Gasteiger partial charge in [0.25, 0.3) is 5.91 Å². The number of nitrogens with one attached hydrogen (secondary N) is 1. The highest BCUT2D eigenvalue weighted by atomic mass is 32.2. The van der Waals surface area contributed by atoms with Crippen LogP contribution in [-0.2, 0) is 14.8 Å². The van der Waals surface area contributed by atoms with Crippen molar-refractivity contribution in [2.24, 2.45) is 0 Å². The third kappa shape index (κ3) is 6.13. The van der Waals surface area contributed by atoms with Gasteiger partial charge in [-0.05, 0) is 54.8 Å². The fourth-order valence-electron chi connectivity index (χ4n) is 2.93. The number of hydrogen-bond acceptors (Lipinski definition) is 5. The van der Waals surface area contributed by atoms with E-state index in [0.717, 1.165) is 24.0 Å². The normalized spacial score (nSPS) is 13.2. The molecule has 7 nitrogen and oxygen atoms in total. The van der Waals surface area contributed by atoms with Gasteiger partial charge in [-0.3, -0.25) is 9.10 Å². The molecule has 2 atom stereocenters. The average Bonchev–Trinajstić information content (AvgIpc) is 2.75. The van der Waals surface area contributed by atoms with E-state index in [2.05, 4.69) is 5.32 Å². The van der Waals surface area contributed by atoms with Gasteiger partial charge in [-0.1, -0.05) is 26.0 Å². The van der Waals surface area contributed by atoms with Gasteiger partial charge in [0.05, 0.1) is 25.1 Å². The minimum atomic E-state index is -3.34. The van der Waals surface area contributed by atoms with E-state index in [1.165, 1.54) is 11.4 Å². The van der Waals surface area contributed by atoms with E-state index in [1.54, 1.807) is 31.4 Å². The van der Waals surface area contributed by atoms with Crippen molar-refractivity contribution in [3.05, 3.63) is 54.1 Å². The monoisotopic (exact) mass is 434 g/mol. The Bertz CT molecular complexity index is 927. The summed E-state index contributed by atoms with van der Waals surface area (Å²) in [4.78, 5) is 12.8. The number of amides is 1. The number of carbonyl (C=O) groups is 1. The molecule has 0 aliphatic rings. The van der Waals surface area contributed by atoms with Crippen molar-refractivity contribution in [3.8, 4) is 11.5 Å². The molecule has 0 spiro atoms. The fraction of sp³-hybridized carbons (Fsp3) is 0.409. The average molecular weight is 435 g/mol. The van der Waals surface area contributed by atoms with Gasteiger partial charge in [-0.15, -0.1) is 0 Å². The highest BCUT2D eigenvalue weighted by Crippen LogP contribution is 2.23. The van der Waals surface area contributed by atoms with Crippen LogP contribution in [0.5, 0.6) is 11.5 Å². The molecule has 1 N–H and O–H groups in total. The molecule has 0 aromatic heterocycles. The van der Waals surface area contributed by atoms with Gasteiger partial charge in [0.1, 0.15) is 11.5 Å². The quantitative estimate of drug-likeness (QED) is 0.618. The molecule has 164 valence electrons. The highest BCUT2D eigenvalue weighted by Gasteiger charge is 2.22. The first kappa shape index (κ1) is 23.5. The van der Waals surface area contributed by atoms with Crippen molar-refractivity contribution in [1.29, 1.82) is 0 Å². The minimum Gasteiger partial charge on any atom is -0.497 e. The second kappa shape index (κ2) is 10.3. The van der Waals surface area contributed by atoms with Gasteiger partial charge in [0.2, 0.25) is 10.0 Å². The van der Waals surface area contributed by atoms with Crippen molar-refractivity contribution in [3.63, 3.8) is 0 Å². The molecule has 0 heterocycles. The van der Waals surface area contributed by atoms with E-state index in [-0.39, 0.29) is 11.9 Å². The summed E-state index contributed by atoms with van der Waals surface area (Å²) >= 11 is 0. The van der Waals surface area contributed by atoms with Gasteiger partial charge in [0, 0.05) is 7.05 Å². The first-order chi connectivity index (χ1) is 14.2. The van der Waals surface area contributed by atoms with E-state index < -0.39 is 16.1 Å². The van der Waals surface area contributed by atoms with Crippen LogP contribution in [0.1, 0.15) is 38.3 Å². The Labute approximate surface area is 179 Å². The minimum absolute atomic E-state index is 0.133. The number of nitrogens with zero attached hydrogens (tertiary/aromatic N) is 1. The van der Waals surface area contributed by atoms with E-state index in [4.69, 9.17) is 9.47 Å². The lowest BCUT2D eigenvalue weighted by atomic mass is 10.0. The van der Waals surface area contributed by atoms with E-state index in [0.29, 0.717) is 17.9 Å². The molecule has 0 aliphatic heterocycles. The summed E-state index contributed by atoms with van der Waals surface area (Å²) in [7, 11) is -0.239. The van der Waals surface area contributed by atoms with Crippen molar-refractivity contribution < 1.29 is 22.7 Å². The van der Waals surface area contributed by atoms with Gasteiger partial charge < -0.3 is 14.8 Å². The summed E-state index contributed by atoms with van der Waals surface area (Å²) in [6.45, 7) is 3.89. The third-order valence-corrected chi connectivity index (χ3v) is 6.09. The Morgan fingerprint density at radius 2 is 1.57 bits per heavy atom. The smallest absolute Gasteiger partial charge is 0.261 e. The summed E-state index contributed by atoms with van der Waals surface area (Å²) in [5, 5.41) is 3.05. The number of anilines is 1. The maximum Gasteiger partial charge on any atom is 0.261 e. The second-order valence-electron chi connectivity index (χ2n) is 6.98. The Morgan fingerprint density at radius 3 is 2.03 bits per heavy atom. The summed E-state index contributed by atoms with van der Waals surface area (Å²) in [5.41, 5.74) is 1.52. The molecule has 0 aliphatic carbocycles. The molecule has 2 aromatic rings. The molecular formula is C22H30N2O5S. The topological polar surface area (TPSA) is 84.9 Å². The van der Waals surface area contributed by atoms with Gasteiger partial charge in [0.15, 0.2) is 6.10 Å². The number of hydrogen-bond donors (Lipinski definition) is 1. The van der Waals surface area contributed by atoms with Crippen LogP contribution in [0.2, 0.25) is 0 Å². The van der Waals surface area contributed by atoms with E-state index >= 15 is 0 Å². The largest absolute Gasteiger partial charge is 0.497 e. The Hall–Kier alpha value is -2.74.